The molecule has 0 bridgehead atoms. The fraction of sp³-hybridized carbons (Fsp3) is 0.0952. The third-order valence-electron chi connectivity index (χ3n) is 5.32. The molecule has 0 saturated heterocycles. The summed E-state index contributed by atoms with van der Waals surface area (Å²) < 4.78 is 15.6. The summed E-state index contributed by atoms with van der Waals surface area (Å²) in [5, 5.41) is 7.21. The van der Waals surface area contributed by atoms with Gasteiger partial charge in [0.1, 0.15) is 22.6 Å². The van der Waals surface area contributed by atoms with Crippen molar-refractivity contribution in [3.05, 3.63) is 53.7 Å². The van der Waals surface area contributed by atoms with Gasteiger partial charge in [0.2, 0.25) is 0 Å². The number of H-pyrrole nitrogens is 2. The molecule has 0 unspecified atom stereocenters. The minimum absolute atomic E-state index is 0.259. The third-order valence-corrected chi connectivity index (χ3v) is 6.20. The van der Waals surface area contributed by atoms with Crippen molar-refractivity contribution in [2.24, 2.45) is 7.05 Å². The molecule has 0 amide bonds. The first kappa shape index (κ1) is 17.9. The standard InChI is InChI=1S/C21H15FN8S/c1-10-24-9-14(30(10)2)11-3-4-13-18(25-11)20(29-28-13)21-26-12-7-8-23-19(17(12)27-21)15-5-6-16(22)31-15/h3-9H,1-2H3,(H,26,27)(H,28,29). The number of hydrogen-bond acceptors (Lipinski definition) is 6. The lowest BCUT2D eigenvalue weighted by Crippen LogP contribution is -1.96. The molecule has 6 aromatic rings. The number of fused-ring (bicyclic) bond motifs is 2. The van der Waals surface area contributed by atoms with Crippen LogP contribution >= 0.6 is 11.3 Å². The number of hydrogen-bond donors (Lipinski definition) is 2. The number of thiophene rings is 1. The number of rotatable bonds is 3. The van der Waals surface area contributed by atoms with Crippen LogP contribution < -0.4 is 0 Å². The van der Waals surface area contributed by atoms with Gasteiger partial charge in [0.15, 0.2) is 16.6 Å². The molecule has 0 spiro atoms. The predicted molar refractivity (Wildman–Crippen MR) is 117 cm³/mol. The Kier molecular flexibility index (Phi) is 3.78. The van der Waals surface area contributed by atoms with E-state index in [1.54, 1.807) is 12.3 Å². The number of aryl methyl sites for hydroxylation is 1. The molecule has 0 aromatic carbocycles. The Morgan fingerprint density at radius 3 is 2.61 bits per heavy atom. The molecule has 0 atom stereocenters. The monoisotopic (exact) mass is 430 g/mol. The molecule has 10 heteroatoms. The second-order valence-electron chi connectivity index (χ2n) is 7.16. The van der Waals surface area contributed by atoms with Gasteiger partial charge in [-0.2, -0.15) is 9.49 Å². The molecule has 6 rings (SSSR count). The molecule has 6 aromatic heterocycles. The summed E-state index contributed by atoms with van der Waals surface area (Å²) in [4.78, 5) is 22.4. The largest absolute Gasteiger partial charge is 0.336 e. The Bertz CT molecular complexity index is 1590. The van der Waals surface area contributed by atoms with E-state index in [1.165, 1.54) is 6.07 Å². The summed E-state index contributed by atoms with van der Waals surface area (Å²) in [5.41, 5.74) is 5.91. The molecule has 0 saturated carbocycles. The highest BCUT2D eigenvalue weighted by atomic mass is 32.1. The fourth-order valence-electron chi connectivity index (χ4n) is 3.62. The van der Waals surface area contributed by atoms with Crippen molar-refractivity contribution in [2.45, 2.75) is 6.92 Å². The van der Waals surface area contributed by atoms with E-state index in [0.29, 0.717) is 28.2 Å². The van der Waals surface area contributed by atoms with Crippen molar-refractivity contribution in [3.63, 3.8) is 0 Å². The third kappa shape index (κ3) is 2.76. The van der Waals surface area contributed by atoms with Crippen LogP contribution in [-0.2, 0) is 7.05 Å². The smallest absolute Gasteiger partial charge is 0.177 e. The van der Waals surface area contributed by atoms with Gasteiger partial charge in [-0.25, -0.2) is 15.0 Å². The lowest BCUT2D eigenvalue weighted by molar-refractivity contribution is 0.657. The second-order valence-corrected chi connectivity index (χ2v) is 8.19. The van der Waals surface area contributed by atoms with Gasteiger partial charge in [0.05, 0.1) is 33.5 Å². The molecule has 0 radical (unpaired) electrons. The quantitative estimate of drug-likeness (QED) is 0.431. The highest BCUT2D eigenvalue weighted by Gasteiger charge is 2.18. The van der Waals surface area contributed by atoms with Crippen LogP contribution in [-0.4, -0.2) is 39.7 Å². The van der Waals surface area contributed by atoms with E-state index >= 15 is 0 Å². The molecular weight excluding hydrogens is 415 g/mol. The summed E-state index contributed by atoms with van der Waals surface area (Å²) in [6, 6.07) is 8.86. The molecule has 6 heterocycles. The number of pyridine rings is 2. The highest BCUT2D eigenvalue weighted by molar-refractivity contribution is 7.13. The molecule has 152 valence electrons. The second kappa shape index (κ2) is 6.54. The summed E-state index contributed by atoms with van der Waals surface area (Å²) in [5.74, 6) is 1.48. The number of aromatic nitrogens is 8. The summed E-state index contributed by atoms with van der Waals surface area (Å²) in [6.07, 6.45) is 3.49. The predicted octanol–water partition coefficient (Wildman–Crippen LogP) is 4.47. The van der Waals surface area contributed by atoms with Crippen LogP contribution in [0.15, 0.2) is 42.7 Å². The Hall–Kier alpha value is -3.92. The maximum Gasteiger partial charge on any atom is 0.177 e. The Balaban J connectivity index is 1.52. The van der Waals surface area contributed by atoms with E-state index in [9.17, 15) is 4.39 Å². The van der Waals surface area contributed by atoms with Crippen LogP contribution in [0.1, 0.15) is 5.82 Å². The van der Waals surface area contributed by atoms with Crippen molar-refractivity contribution in [2.75, 3.05) is 0 Å². The normalized spacial score (nSPS) is 11.7. The molecule has 2 N–H and O–H groups in total. The van der Waals surface area contributed by atoms with Crippen LogP contribution in [0.5, 0.6) is 0 Å². The average molecular weight is 430 g/mol. The molecule has 31 heavy (non-hydrogen) atoms. The minimum atomic E-state index is -0.259. The first-order chi connectivity index (χ1) is 15.1. The lowest BCUT2D eigenvalue weighted by Gasteiger charge is -2.03. The molecule has 0 fully saturated rings. The van der Waals surface area contributed by atoms with Crippen molar-refractivity contribution >= 4 is 33.4 Å². The first-order valence-corrected chi connectivity index (χ1v) is 10.3. The molecular formula is C21H15FN8S. The Morgan fingerprint density at radius 2 is 1.84 bits per heavy atom. The molecule has 0 aliphatic carbocycles. The Labute approximate surface area is 178 Å². The van der Waals surface area contributed by atoms with Crippen molar-refractivity contribution in [1.29, 1.82) is 0 Å². The van der Waals surface area contributed by atoms with Crippen LogP contribution in [0.4, 0.5) is 4.39 Å². The SMILES string of the molecule is Cc1ncc(-c2ccc3[nH]nc(-c4nc5c(-c6ccc(F)s6)nccc5[nH]4)c3n2)n1C. The van der Waals surface area contributed by atoms with Gasteiger partial charge in [-0.05, 0) is 37.3 Å². The van der Waals surface area contributed by atoms with E-state index in [2.05, 4.69) is 25.1 Å². The van der Waals surface area contributed by atoms with Gasteiger partial charge >= 0.3 is 0 Å². The van der Waals surface area contributed by atoms with Gasteiger partial charge in [-0.1, -0.05) is 0 Å². The maximum absolute atomic E-state index is 13.6. The zero-order chi connectivity index (χ0) is 21.1. The zero-order valence-electron chi connectivity index (χ0n) is 16.5. The van der Waals surface area contributed by atoms with E-state index in [-0.39, 0.29) is 5.13 Å². The van der Waals surface area contributed by atoms with E-state index in [0.717, 1.165) is 44.5 Å². The van der Waals surface area contributed by atoms with Gasteiger partial charge in [0.25, 0.3) is 0 Å². The summed E-state index contributed by atoms with van der Waals surface area (Å²) in [6.45, 7) is 1.95. The van der Waals surface area contributed by atoms with Crippen molar-refractivity contribution in [3.8, 4) is 33.5 Å². The highest BCUT2D eigenvalue weighted by Crippen LogP contribution is 2.33. The number of halogens is 1. The van der Waals surface area contributed by atoms with Crippen molar-refractivity contribution in [1.82, 2.24) is 39.7 Å². The number of nitrogens with one attached hydrogen (secondary N) is 2. The number of nitrogens with zero attached hydrogens (tertiary/aromatic N) is 6. The summed E-state index contributed by atoms with van der Waals surface area (Å²) >= 11 is 1.04. The molecule has 0 aliphatic rings. The first-order valence-electron chi connectivity index (χ1n) is 9.53. The van der Waals surface area contributed by atoms with Gasteiger partial charge in [-0.3, -0.25) is 10.1 Å². The minimum Gasteiger partial charge on any atom is -0.336 e. The average Bonchev–Trinajstić information content (AvgIpc) is 3.54. The van der Waals surface area contributed by atoms with Crippen LogP contribution in [0.3, 0.4) is 0 Å². The number of aromatic amines is 2. The van der Waals surface area contributed by atoms with E-state index < -0.39 is 0 Å². The van der Waals surface area contributed by atoms with Crippen LogP contribution in [0.2, 0.25) is 0 Å². The topological polar surface area (TPSA) is 101 Å². The summed E-state index contributed by atoms with van der Waals surface area (Å²) in [7, 11) is 1.96. The van der Waals surface area contributed by atoms with Gasteiger partial charge in [0, 0.05) is 13.2 Å². The van der Waals surface area contributed by atoms with Gasteiger partial charge in [-0.15, -0.1) is 11.3 Å². The zero-order valence-corrected chi connectivity index (χ0v) is 17.3. The van der Waals surface area contributed by atoms with Crippen molar-refractivity contribution < 1.29 is 4.39 Å². The Morgan fingerprint density at radius 1 is 0.968 bits per heavy atom. The fourth-order valence-corrected chi connectivity index (χ4v) is 4.34. The molecule has 8 nitrogen and oxygen atoms in total. The van der Waals surface area contributed by atoms with E-state index in [4.69, 9.17) is 9.97 Å². The van der Waals surface area contributed by atoms with Gasteiger partial charge < -0.3 is 9.55 Å². The number of imidazole rings is 2. The van der Waals surface area contributed by atoms with Crippen LogP contribution in [0, 0.1) is 12.1 Å². The van der Waals surface area contributed by atoms with Crippen LogP contribution in [0.25, 0.3) is 55.5 Å². The molecule has 0 aliphatic heterocycles. The maximum atomic E-state index is 13.6. The lowest BCUT2D eigenvalue weighted by atomic mass is 10.2. The van der Waals surface area contributed by atoms with E-state index in [1.807, 2.05) is 42.9 Å².